The number of halogens is 3. The van der Waals surface area contributed by atoms with Crippen molar-refractivity contribution in [2.45, 2.75) is 32.7 Å². The molecule has 3 aromatic carbocycles. The first-order valence-electron chi connectivity index (χ1n) is 13.8. The Hall–Kier alpha value is -4.32. The number of pyridine rings is 1. The second kappa shape index (κ2) is 11.8. The van der Waals surface area contributed by atoms with Crippen molar-refractivity contribution in [1.29, 1.82) is 0 Å². The van der Waals surface area contributed by atoms with Crippen molar-refractivity contribution >= 4 is 57.1 Å². The van der Waals surface area contributed by atoms with Gasteiger partial charge in [0.2, 0.25) is 5.91 Å². The number of nitrogens with zero attached hydrogens (tertiary/aromatic N) is 4. The number of aromatic nitrogens is 1. The van der Waals surface area contributed by atoms with Crippen LogP contribution in [0.25, 0.3) is 32.6 Å². The summed E-state index contributed by atoms with van der Waals surface area (Å²) in [4.78, 5) is 34.2. The van der Waals surface area contributed by atoms with Crippen molar-refractivity contribution in [1.82, 2.24) is 9.47 Å². The number of para-hydroxylation sites is 1. The third kappa shape index (κ3) is 5.24. The number of nitrogens with two attached hydrogens (primary N) is 1. The molecule has 0 saturated carbocycles. The zero-order valence-electron chi connectivity index (χ0n) is 24.0. The van der Waals surface area contributed by atoms with Gasteiger partial charge in [-0.1, -0.05) is 61.8 Å². The van der Waals surface area contributed by atoms with Crippen molar-refractivity contribution < 1.29 is 9.18 Å². The minimum atomic E-state index is -0.689. The second-order valence-corrected chi connectivity index (χ2v) is 11.7. The highest BCUT2D eigenvalue weighted by molar-refractivity contribution is 6.35. The molecule has 1 fully saturated rings. The molecule has 1 amide bonds. The summed E-state index contributed by atoms with van der Waals surface area (Å²) in [5.74, 6) is -0.804. The van der Waals surface area contributed by atoms with Crippen molar-refractivity contribution in [2.24, 2.45) is 0 Å². The first-order chi connectivity index (χ1) is 20.5. The Labute approximate surface area is 259 Å². The summed E-state index contributed by atoms with van der Waals surface area (Å²) in [6, 6.07) is 13.4. The number of carbonyl (C=O) groups excluding carboxylic acids is 1. The fraction of sp³-hybridized carbons (Fsp3) is 0.242. The van der Waals surface area contributed by atoms with Crippen molar-refractivity contribution in [3.8, 4) is 16.8 Å². The van der Waals surface area contributed by atoms with Gasteiger partial charge in [0.05, 0.1) is 29.2 Å². The molecular weight excluding hydrogens is 588 g/mol. The largest absolute Gasteiger partial charge is 0.396 e. The standard InChI is InChI=1S/C33H30Cl2FN5O2/c1-6-29(42)39-11-12-40(19(4)17-39)32-24-15-25(35)22(23-13-20(34)14-26(36)30(23)37)16-28(24)41(33(43)31(32)38-5)27-10-8-7-9-21(27)18(2)3/h6-10,13-16,18-19H,1,11-12,17,37H2,2-4H3/t19-/m0/s1. The molecule has 5 rings (SSSR count). The van der Waals surface area contributed by atoms with Crippen LogP contribution in [-0.4, -0.2) is 41.1 Å². The number of benzene rings is 3. The summed E-state index contributed by atoms with van der Waals surface area (Å²) >= 11 is 13.1. The van der Waals surface area contributed by atoms with Gasteiger partial charge in [-0.2, -0.15) is 0 Å². The van der Waals surface area contributed by atoms with Gasteiger partial charge in [-0.15, -0.1) is 0 Å². The minimum Gasteiger partial charge on any atom is -0.396 e. The van der Waals surface area contributed by atoms with Crippen LogP contribution in [0.1, 0.15) is 32.3 Å². The summed E-state index contributed by atoms with van der Waals surface area (Å²) in [7, 11) is 0. The summed E-state index contributed by atoms with van der Waals surface area (Å²) in [6.07, 6.45) is 1.28. The van der Waals surface area contributed by atoms with Gasteiger partial charge in [0.15, 0.2) is 0 Å². The zero-order valence-corrected chi connectivity index (χ0v) is 25.5. The average molecular weight is 619 g/mol. The normalized spacial score (nSPS) is 15.2. The van der Waals surface area contributed by atoms with Crippen LogP contribution in [0.3, 0.4) is 0 Å². The molecule has 0 aliphatic carbocycles. The van der Waals surface area contributed by atoms with Crippen molar-refractivity contribution in [2.75, 3.05) is 30.3 Å². The highest BCUT2D eigenvalue weighted by Gasteiger charge is 2.31. The van der Waals surface area contributed by atoms with E-state index in [9.17, 15) is 14.0 Å². The van der Waals surface area contributed by atoms with E-state index >= 15 is 0 Å². The fourth-order valence-electron chi connectivity index (χ4n) is 5.82. The maximum absolute atomic E-state index is 14.7. The predicted octanol–water partition coefficient (Wildman–Crippen LogP) is 7.58. The van der Waals surface area contributed by atoms with Gasteiger partial charge in [0, 0.05) is 52.2 Å². The number of anilines is 2. The Morgan fingerprint density at radius 3 is 2.53 bits per heavy atom. The Morgan fingerprint density at radius 2 is 1.88 bits per heavy atom. The van der Waals surface area contributed by atoms with E-state index in [-0.39, 0.29) is 44.9 Å². The molecule has 0 bridgehead atoms. The van der Waals surface area contributed by atoms with Crippen LogP contribution in [0.4, 0.5) is 21.5 Å². The average Bonchev–Trinajstić information content (AvgIpc) is 2.98. The van der Waals surface area contributed by atoms with Crippen LogP contribution in [0, 0.1) is 12.4 Å². The van der Waals surface area contributed by atoms with Gasteiger partial charge < -0.3 is 15.5 Å². The van der Waals surface area contributed by atoms with Crippen molar-refractivity contribution in [3.05, 3.63) is 104 Å². The molecular formula is C33H30Cl2FN5O2. The molecule has 7 nitrogen and oxygen atoms in total. The van der Waals surface area contributed by atoms with E-state index in [2.05, 4.69) is 11.4 Å². The maximum Gasteiger partial charge on any atom is 0.274 e. The highest BCUT2D eigenvalue weighted by atomic mass is 35.5. The molecule has 1 aliphatic rings. The molecule has 0 spiro atoms. The Morgan fingerprint density at radius 1 is 1.16 bits per heavy atom. The van der Waals surface area contributed by atoms with E-state index < -0.39 is 11.4 Å². The molecule has 1 aromatic heterocycles. The molecule has 43 heavy (non-hydrogen) atoms. The lowest BCUT2D eigenvalue weighted by molar-refractivity contribution is -0.126. The first-order valence-corrected chi connectivity index (χ1v) is 14.6. The molecule has 220 valence electrons. The fourth-order valence-corrected chi connectivity index (χ4v) is 6.29. The molecule has 0 unspecified atom stereocenters. The minimum absolute atomic E-state index is 0.0569. The number of piperazine rings is 1. The molecule has 0 radical (unpaired) electrons. The van der Waals surface area contributed by atoms with Crippen LogP contribution >= 0.6 is 23.2 Å². The highest BCUT2D eigenvalue weighted by Crippen LogP contribution is 2.43. The molecule has 4 aromatic rings. The van der Waals surface area contributed by atoms with E-state index in [1.54, 1.807) is 17.0 Å². The van der Waals surface area contributed by atoms with E-state index in [1.807, 2.05) is 49.9 Å². The summed E-state index contributed by atoms with van der Waals surface area (Å²) < 4.78 is 16.2. The number of fused-ring (bicyclic) bond motifs is 1. The third-order valence-electron chi connectivity index (χ3n) is 7.91. The van der Waals surface area contributed by atoms with E-state index in [1.165, 1.54) is 16.7 Å². The van der Waals surface area contributed by atoms with Gasteiger partial charge >= 0.3 is 0 Å². The Bertz CT molecular complexity index is 1900. The molecule has 2 heterocycles. The number of rotatable bonds is 5. The lowest BCUT2D eigenvalue weighted by atomic mass is 9.97. The van der Waals surface area contributed by atoms with Gasteiger partial charge in [-0.05, 0) is 54.8 Å². The monoisotopic (exact) mass is 617 g/mol. The molecule has 10 heteroatoms. The van der Waals surface area contributed by atoms with Gasteiger partial charge in [0.25, 0.3) is 11.2 Å². The number of nitrogen functional groups attached to an aromatic ring is 1. The molecule has 1 atom stereocenters. The van der Waals surface area contributed by atoms with E-state index in [4.69, 9.17) is 35.5 Å². The van der Waals surface area contributed by atoms with Gasteiger partial charge in [0.1, 0.15) is 5.82 Å². The van der Waals surface area contributed by atoms with Crippen LogP contribution in [-0.2, 0) is 4.79 Å². The smallest absolute Gasteiger partial charge is 0.274 e. The lowest BCUT2D eigenvalue weighted by Crippen LogP contribution is -2.53. The van der Waals surface area contributed by atoms with E-state index in [0.29, 0.717) is 47.5 Å². The first kappa shape index (κ1) is 30.1. The lowest BCUT2D eigenvalue weighted by Gasteiger charge is -2.42. The summed E-state index contributed by atoms with van der Waals surface area (Å²) in [5, 5.41) is 0.952. The number of carbonyl (C=O) groups is 1. The van der Waals surface area contributed by atoms with Gasteiger partial charge in [-0.3, -0.25) is 14.2 Å². The summed E-state index contributed by atoms with van der Waals surface area (Å²) in [6.45, 7) is 18.9. The number of amides is 1. The SMILES string of the molecule is [C-]#[N+]c1c(N2CCN(C(=O)C=C)C[C@@H]2C)c2cc(Cl)c(-c3cc(Cl)cc(F)c3N)cc2n(-c2ccccc2C(C)C)c1=O. The van der Waals surface area contributed by atoms with E-state index in [0.717, 1.165) is 11.6 Å². The quantitative estimate of drug-likeness (QED) is 0.142. The van der Waals surface area contributed by atoms with Crippen LogP contribution in [0.5, 0.6) is 0 Å². The third-order valence-corrected chi connectivity index (χ3v) is 8.44. The zero-order chi connectivity index (χ0) is 31.2. The Kier molecular flexibility index (Phi) is 8.24. The Balaban J connectivity index is 1.89. The van der Waals surface area contributed by atoms with Crippen molar-refractivity contribution in [3.63, 3.8) is 0 Å². The molecule has 1 saturated heterocycles. The predicted molar refractivity (Wildman–Crippen MR) is 173 cm³/mol. The summed E-state index contributed by atoms with van der Waals surface area (Å²) in [5.41, 5.74) is 8.57. The van der Waals surface area contributed by atoms with Gasteiger partial charge in [-0.25, -0.2) is 9.24 Å². The number of hydrogen-bond acceptors (Lipinski definition) is 4. The van der Waals surface area contributed by atoms with Crippen LogP contribution < -0.4 is 16.2 Å². The van der Waals surface area contributed by atoms with Crippen LogP contribution in [0.2, 0.25) is 10.0 Å². The maximum atomic E-state index is 14.7. The topological polar surface area (TPSA) is 75.9 Å². The molecule has 1 aliphatic heterocycles. The number of hydrogen-bond donors (Lipinski definition) is 1. The second-order valence-electron chi connectivity index (χ2n) is 10.9. The van der Waals surface area contributed by atoms with Crippen LogP contribution in [0.15, 0.2) is 66.0 Å². The molecule has 2 N–H and O–H groups in total.